The molecule has 16 heavy (non-hydrogen) atoms. The number of halogens is 1. The molecule has 0 saturated carbocycles. The van der Waals surface area contributed by atoms with E-state index in [4.69, 9.17) is 5.73 Å². The zero-order valence-corrected chi connectivity index (χ0v) is 11.2. The van der Waals surface area contributed by atoms with E-state index >= 15 is 0 Å². The predicted molar refractivity (Wildman–Crippen MR) is 72.7 cm³/mol. The zero-order valence-electron chi connectivity index (χ0n) is 8.77. The van der Waals surface area contributed by atoms with Gasteiger partial charge in [-0.25, -0.2) is 4.98 Å². The molecule has 1 heterocycles. The van der Waals surface area contributed by atoms with Crippen molar-refractivity contribution in [3.63, 3.8) is 0 Å². The van der Waals surface area contributed by atoms with Gasteiger partial charge >= 0.3 is 0 Å². The van der Waals surface area contributed by atoms with Crippen molar-refractivity contribution in [2.45, 2.75) is 13.0 Å². The Balaban J connectivity index is 2.08. The van der Waals surface area contributed by atoms with Crippen molar-refractivity contribution in [3.05, 3.63) is 40.5 Å². The maximum Gasteiger partial charge on any atom is 0.185 e. The fourth-order valence-corrected chi connectivity index (χ4v) is 2.31. The molecule has 2 aromatic rings. The Morgan fingerprint density at radius 1 is 1.38 bits per heavy atom. The van der Waals surface area contributed by atoms with E-state index in [0.717, 1.165) is 14.6 Å². The van der Waals surface area contributed by atoms with E-state index < -0.39 is 0 Å². The molecule has 0 saturated heterocycles. The predicted octanol–water partition coefficient (Wildman–Crippen LogP) is 3.66. The molecule has 5 heteroatoms. The summed E-state index contributed by atoms with van der Waals surface area (Å²) in [6.07, 6.45) is 1.67. The summed E-state index contributed by atoms with van der Waals surface area (Å²) in [5.74, 6) is 0. The first-order valence-corrected chi connectivity index (χ1v) is 6.49. The lowest BCUT2D eigenvalue weighted by Crippen LogP contribution is -2.05. The fraction of sp³-hybridized carbons (Fsp3) is 0.182. The number of thiazole rings is 1. The van der Waals surface area contributed by atoms with Gasteiger partial charge in [-0.1, -0.05) is 39.4 Å². The highest BCUT2D eigenvalue weighted by Gasteiger charge is 2.07. The van der Waals surface area contributed by atoms with Gasteiger partial charge in [-0.05, 0) is 24.6 Å². The average molecular weight is 298 g/mol. The summed E-state index contributed by atoms with van der Waals surface area (Å²) in [5.41, 5.74) is 6.84. The van der Waals surface area contributed by atoms with Crippen molar-refractivity contribution < 1.29 is 0 Å². The minimum atomic E-state index is 0.221. The minimum absolute atomic E-state index is 0.221. The van der Waals surface area contributed by atoms with Crippen LogP contribution in [0, 0.1) is 0 Å². The van der Waals surface area contributed by atoms with Crippen LogP contribution in [0.25, 0.3) is 0 Å². The lowest BCUT2D eigenvalue weighted by Gasteiger charge is -2.13. The summed E-state index contributed by atoms with van der Waals surface area (Å²) in [4.78, 5) is 4.17. The normalized spacial score (nSPS) is 12.4. The van der Waals surface area contributed by atoms with Crippen molar-refractivity contribution in [2.24, 2.45) is 0 Å². The molecule has 1 aromatic heterocycles. The summed E-state index contributed by atoms with van der Waals surface area (Å²) in [6.45, 7) is 2.10. The van der Waals surface area contributed by atoms with Gasteiger partial charge in [-0.15, -0.1) is 0 Å². The Morgan fingerprint density at radius 2 is 2.06 bits per heavy atom. The number of benzene rings is 1. The lowest BCUT2D eigenvalue weighted by atomic mass is 10.1. The number of nitrogens with one attached hydrogen (secondary N) is 1. The van der Waals surface area contributed by atoms with Crippen molar-refractivity contribution >= 4 is 37.4 Å². The minimum Gasteiger partial charge on any atom is -0.389 e. The first-order valence-electron chi connectivity index (χ1n) is 4.88. The molecule has 0 spiro atoms. The van der Waals surface area contributed by atoms with Crippen LogP contribution in [0.4, 0.5) is 10.1 Å². The molecule has 2 rings (SSSR count). The Kier molecular flexibility index (Phi) is 3.46. The first kappa shape index (κ1) is 11.4. The maximum atomic E-state index is 5.62. The lowest BCUT2D eigenvalue weighted by molar-refractivity contribution is 0.881. The molecule has 1 atom stereocenters. The van der Waals surface area contributed by atoms with Crippen molar-refractivity contribution in [1.82, 2.24) is 4.98 Å². The Labute approximate surface area is 107 Å². The van der Waals surface area contributed by atoms with Crippen LogP contribution in [0.15, 0.2) is 34.9 Å². The van der Waals surface area contributed by atoms with Crippen LogP contribution in [0.3, 0.4) is 0 Å². The van der Waals surface area contributed by atoms with Crippen LogP contribution < -0.4 is 11.1 Å². The Bertz CT molecular complexity index is 466. The van der Waals surface area contributed by atoms with E-state index in [1.54, 1.807) is 6.20 Å². The molecule has 1 unspecified atom stereocenters. The SMILES string of the molecule is CC(Nc1ncc(N)s1)c1ccc(Br)cc1. The van der Waals surface area contributed by atoms with Gasteiger partial charge in [-0.3, -0.25) is 0 Å². The third-order valence-corrected chi connectivity index (χ3v) is 3.52. The van der Waals surface area contributed by atoms with E-state index in [1.807, 2.05) is 12.1 Å². The van der Waals surface area contributed by atoms with Gasteiger partial charge in [-0.2, -0.15) is 0 Å². The summed E-state index contributed by atoms with van der Waals surface area (Å²) in [5, 5.41) is 4.89. The fourth-order valence-electron chi connectivity index (χ4n) is 1.37. The van der Waals surface area contributed by atoms with Crippen molar-refractivity contribution in [2.75, 3.05) is 11.1 Å². The van der Waals surface area contributed by atoms with Crippen molar-refractivity contribution in [1.29, 1.82) is 0 Å². The Hall–Kier alpha value is -1.07. The number of anilines is 2. The van der Waals surface area contributed by atoms with Crippen LogP contribution in [-0.2, 0) is 0 Å². The van der Waals surface area contributed by atoms with Gasteiger partial charge in [0.2, 0.25) is 0 Å². The quantitative estimate of drug-likeness (QED) is 0.909. The highest BCUT2D eigenvalue weighted by molar-refractivity contribution is 9.10. The number of aromatic nitrogens is 1. The van der Waals surface area contributed by atoms with Gasteiger partial charge in [0.15, 0.2) is 5.13 Å². The van der Waals surface area contributed by atoms with Gasteiger partial charge in [0, 0.05) is 4.47 Å². The summed E-state index contributed by atoms with van der Waals surface area (Å²) in [6, 6.07) is 8.45. The molecular formula is C11H12BrN3S. The van der Waals surface area contributed by atoms with Gasteiger partial charge in [0.1, 0.15) is 5.00 Å². The maximum absolute atomic E-state index is 5.62. The second kappa shape index (κ2) is 4.84. The monoisotopic (exact) mass is 297 g/mol. The third-order valence-electron chi connectivity index (χ3n) is 2.23. The molecule has 0 aliphatic carbocycles. The van der Waals surface area contributed by atoms with E-state index in [0.29, 0.717) is 0 Å². The van der Waals surface area contributed by atoms with Crippen LogP contribution in [0.2, 0.25) is 0 Å². The van der Waals surface area contributed by atoms with E-state index in [-0.39, 0.29) is 6.04 Å². The summed E-state index contributed by atoms with van der Waals surface area (Å²) in [7, 11) is 0. The van der Waals surface area contributed by atoms with E-state index in [1.165, 1.54) is 16.9 Å². The first-order chi connectivity index (χ1) is 7.65. The standard InChI is InChI=1S/C11H12BrN3S/c1-7(8-2-4-9(12)5-3-8)15-11-14-6-10(13)16-11/h2-7H,13H2,1H3,(H,14,15). The molecule has 0 fully saturated rings. The smallest absolute Gasteiger partial charge is 0.185 e. The Morgan fingerprint density at radius 3 is 2.62 bits per heavy atom. The van der Waals surface area contributed by atoms with Crippen LogP contribution in [0.5, 0.6) is 0 Å². The highest BCUT2D eigenvalue weighted by Crippen LogP contribution is 2.25. The largest absolute Gasteiger partial charge is 0.389 e. The van der Waals surface area contributed by atoms with Gasteiger partial charge < -0.3 is 11.1 Å². The molecule has 84 valence electrons. The average Bonchev–Trinajstić information content (AvgIpc) is 2.65. The van der Waals surface area contributed by atoms with E-state index in [2.05, 4.69) is 45.3 Å². The molecule has 0 radical (unpaired) electrons. The second-order valence-corrected chi connectivity index (χ2v) is 5.46. The molecule has 3 nitrogen and oxygen atoms in total. The summed E-state index contributed by atoms with van der Waals surface area (Å²) < 4.78 is 1.09. The number of nitrogens with two attached hydrogens (primary N) is 1. The molecule has 3 N–H and O–H groups in total. The molecule has 0 amide bonds. The molecule has 1 aromatic carbocycles. The zero-order chi connectivity index (χ0) is 11.5. The second-order valence-electron chi connectivity index (χ2n) is 3.49. The van der Waals surface area contributed by atoms with E-state index in [9.17, 15) is 0 Å². The number of hydrogen-bond donors (Lipinski definition) is 2. The van der Waals surface area contributed by atoms with Gasteiger partial charge in [0.25, 0.3) is 0 Å². The van der Waals surface area contributed by atoms with Crippen molar-refractivity contribution in [3.8, 4) is 0 Å². The van der Waals surface area contributed by atoms with Gasteiger partial charge in [0.05, 0.1) is 12.2 Å². The number of nitrogen functional groups attached to an aromatic ring is 1. The molecule has 0 aliphatic heterocycles. The topological polar surface area (TPSA) is 50.9 Å². The molecular weight excluding hydrogens is 286 g/mol. The number of nitrogens with zero attached hydrogens (tertiary/aromatic N) is 1. The summed E-state index contributed by atoms with van der Waals surface area (Å²) >= 11 is 4.88. The number of hydrogen-bond acceptors (Lipinski definition) is 4. The number of rotatable bonds is 3. The molecule has 0 bridgehead atoms. The third kappa shape index (κ3) is 2.74. The van der Waals surface area contributed by atoms with Crippen LogP contribution in [-0.4, -0.2) is 4.98 Å². The van der Waals surface area contributed by atoms with Crippen LogP contribution >= 0.6 is 27.3 Å². The molecule has 0 aliphatic rings. The van der Waals surface area contributed by atoms with Crippen LogP contribution in [0.1, 0.15) is 18.5 Å². The highest BCUT2D eigenvalue weighted by atomic mass is 79.9.